The van der Waals surface area contributed by atoms with Crippen molar-refractivity contribution in [2.45, 2.75) is 57.2 Å². The summed E-state index contributed by atoms with van der Waals surface area (Å²) in [6.45, 7) is 0.588. The summed E-state index contributed by atoms with van der Waals surface area (Å²) in [4.78, 5) is 11.7. The molecule has 1 aliphatic carbocycles. The second-order valence-electron chi connectivity index (χ2n) is 5.02. The highest BCUT2D eigenvalue weighted by molar-refractivity contribution is 5.72. The zero-order valence-electron chi connectivity index (χ0n) is 10.8. The number of rotatable bonds is 7. The van der Waals surface area contributed by atoms with Crippen molar-refractivity contribution in [2.24, 2.45) is 5.92 Å². The SMILES string of the molecule is O=C(OCCCCCCO)C1CC(O)CC(O)C1. The van der Waals surface area contributed by atoms with Crippen LogP contribution in [0.3, 0.4) is 0 Å². The summed E-state index contributed by atoms with van der Waals surface area (Å²) in [5, 5.41) is 27.6. The Morgan fingerprint density at radius 3 is 2.22 bits per heavy atom. The van der Waals surface area contributed by atoms with Crippen molar-refractivity contribution >= 4 is 5.97 Å². The monoisotopic (exact) mass is 260 g/mol. The molecule has 0 bridgehead atoms. The number of ether oxygens (including phenoxy) is 1. The van der Waals surface area contributed by atoms with Gasteiger partial charge in [-0.25, -0.2) is 0 Å². The molecule has 1 fully saturated rings. The quantitative estimate of drug-likeness (QED) is 0.461. The van der Waals surface area contributed by atoms with Gasteiger partial charge in [0.05, 0.1) is 24.7 Å². The van der Waals surface area contributed by atoms with Crippen LogP contribution in [-0.4, -0.2) is 46.7 Å². The van der Waals surface area contributed by atoms with Gasteiger partial charge in [0.15, 0.2) is 0 Å². The molecule has 0 saturated heterocycles. The third-order valence-electron chi connectivity index (χ3n) is 3.29. The molecular weight excluding hydrogens is 236 g/mol. The Morgan fingerprint density at radius 2 is 1.61 bits per heavy atom. The van der Waals surface area contributed by atoms with E-state index in [1.54, 1.807) is 0 Å². The van der Waals surface area contributed by atoms with E-state index >= 15 is 0 Å². The van der Waals surface area contributed by atoms with Gasteiger partial charge in [-0.1, -0.05) is 6.42 Å². The fourth-order valence-corrected chi connectivity index (χ4v) is 2.31. The first kappa shape index (κ1) is 15.4. The Bertz CT molecular complexity index is 234. The smallest absolute Gasteiger partial charge is 0.309 e. The van der Waals surface area contributed by atoms with Crippen LogP contribution >= 0.6 is 0 Å². The topological polar surface area (TPSA) is 87.0 Å². The van der Waals surface area contributed by atoms with Gasteiger partial charge in [-0.05, 0) is 38.5 Å². The molecule has 0 radical (unpaired) electrons. The van der Waals surface area contributed by atoms with E-state index < -0.39 is 12.2 Å². The van der Waals surface area contributed by atoms with Crippen molar-refractivity contribution in [1.29, 1.82) is 0 Å². The molecule has 3 N–H and O–H groups in total. The molecule has 1 saturated carbocycles. The lowest BCUT2D eigenvalue weighted by Gasteiger charge is -2.28. The summed E-state index contributed by atoms with van der Waals surface area (Å²) in [5.74, 6) is -0.684. The minimum Gasteiger partial charge on any atom is -0.465 e. The summed E-state index contributed by atoms with van der Waals surface area (Å²) < 4.78 is 5.13. The molecule has 1 rings (SSSR count). The summed E-state index contributed by atoms with van der Waals surface area (Å²) in [6, 6.07) is 0. The molecule has 0 spiro atoms. The fourth-order valence-electron chi connectivity index (χ4n) is 2.31. The Hall–Kier alpha value is -0.650. The number of aliphatic hydroxyl groups excluding tert-OH is 3. The predicted octanol–water partition coefficient (Wildman–Crippen LogP) is 0.604. The second-order valence-corrected chi connectivity index (χ2v) is 5.02. The first-order chi connectivity index (χ1) is 8.63. The maximum absolute atomic E-state index is 11.7. The van der Waals surface area contributed by atoms with Crippen LogP contribution in [0.4, 0.5) is 0 Å². The van der Waals surface area contributed by atoms with E-state index in [-0.39, 0.29) is 18.5 Å². The fraction of sp³-hybridized carbons (Fsp3) is 0.923. The molecular formula is C13H24O5. The molecule has 0 aromatic rings. The van der Waals surface area contributed by atoms with E-state index in [4.69, 9.17) is 9.84 Å². The van der Waals surface area contributed by atoms with E-state index in [1.807, 2.05) is 0 Å². The number of carbonyl (C=O) groups is 1. The standard InChI is InChI=1S/C13H24O5/c14-5-3-1-2-4-6-18-13(17)10-7-11(15)9-12(16)8-10/h10-12,14-16H,1-9H2. The van der Waals surface area contributed by atoms with Crippen LogP contribution < -0.4 is 0 Å². The lowest BCUT2D eigenvalue weighted by molar-refractivity contribution is -0.153. The molecule has 2 unspecified atom stereocenters. The van der Waals surface area contributed by atoms with Crippen LogP contribution in [0.1, 0.15) is 44.9 Å². The van der Waals surface area contributed by atoms with Crippen molar-refractivity contribution in [3.8, 4) is 0 Å². The maximum Gasteiger partial charge on any atom is 0.309 e. The highest BCUT2D eigenvalue weighted by atomic mass is 16.5. The number of esters is 1. The van der Waals surface area contributed by atoms with Crippen LogP contribution in [0.5, 0.6) is 0 Å². The summed E-state index contributed by atoms with van der Waals surface area (Å²) >= 11 is 0. The summed E-state index contributed by atoms with van der Waals surface area (Å²) in [7, 11) is 0. The van der Waals surface area contributed by atoms with Gasteiger partial charge in [0.2, 0.25) is 0 Å². The molecule has 5 heteroatoms. The van der Waals surface area contributed by atoms with Gasteiger partial charge in [-0.3, -0.25) is 4.79 Å². The minimum absolute atomic E-state index is 0.206. The average Bonchev–Trinajstić information content (AvgIpc) is 2.32. The van der Waals surface area contributed by atoms with E-state index in [1.165, 1.54) is 0 Å². The van der Waals surface area contributed by atoms with Crippen LogP contribution in [-0.2, 0) is 9.53 Å². The number of hydrogen-bond donors (Lipinski definition) is 3. The molecule has 18 heavy (non-hydrogen) atoms. The van der Waals surface area contributed by atoms with Crippen LogP contribution in [0.2, 0.25) is 0 Å². The third-order valence-corrected chi connectivity index (χ3v) is 3.29. The number of hydrogen-bond acceptors (Lipinski definition) is 5. The van der Waals surface area contributed by atoms with E-state index in [2.05, 4.69) is 0 Å². The van der Waals surface area contributed by atoms with Gasteiger partial charge in [-0.15, -0.1) is 0 Å². The molecule has 0 amide bonds. The maximum atomic E-state index is 11.7. The lowest BCUT2D eigenvalue weighted by Crippen LogP contribution is -2.34. The normalized spacial score (nSPS) is 28.1. The van der Waals surface area contributed by atoms with Gasteiger partial charge in [-0.2, -0.15) is 0 Å². The Labute approximate surface area is 108 Å². The Kier molecular flexibility index (Phi) is 7.23. The second kappa shape index (κ2) is 8.45. The highest BCUT2D eigenvalue weighted by Gasteiger charge is 2.31. The number of unbranched alkanes of at least 4 members (excludes halogenated alkanes) is 3. The lowest BCUT2D eigenvalue weighted by atomic mass is 9.85. The van der Waals surface area contributed by atoms with Crippen LogP contribution in [0.25, 0.3) is 0 Å². The number of carbonyl (C=O) groups excluding carboxylic acids is 1. The molecule has 0 aliphatic heterocycles. The summed E-state index contributed by atoms with van der Waals surface area (Å²) in [5.41, 5.74) is 0. The molecule has 0 aromatic carbocycles. The molecule has 1 aliphatic rings. The molecule has 0 aromatic heterocycles. The zero-order chi connectivity index (χ0) is 13.4. The highest BCUT2D eigenvalue weighted by Crippen LogP contribution is 2.25. The van der Waals surface area contributed by atoms with E-state index in [0.717, 1.165) is 25.7 Å². The summed E-state index contributed by atoms with van der Waals surface area (Å²) in [6.07, 6.45) is 3.38. The van der Waals surface area contributed by atoms with Crippen molar-refractivity contribution in [3.63, 3.8) is 0 Å². The predicted molar refractivity (Wildman–Crippen MR) is 65.9 cm³/mol. The Morgan fingerprint density at radius 1 is 1.00 bits per heavy atom. The third kappa shape index (κ3) is 5.80. The van der Waals surface area contributed by atoms with Gasteiger partial charge in [0.1, 0.15) is 0 Å². The van der Waals surface area contributed by atoms with Gasteiger partial charge >= 0.3 is 5.97 Å². The van der Waals surface area contributed by atoms with E-state index in [0.29, 0.717) is 25.9 Å². The first-order valence-electron chi connectivity index (χ1n) is 6.77. The van der Waals surface area contributed by atoms with Crippen LogP contribution in [0, 0.1) is 5.92 Å². The zero-order valence-corrected chi connectivity index (χ0v) is 10.8. The molecule has 2 atom stereocenters. The largest absolute Gasteiger partial charge is 0.465 e. The van der Waals surface area contributed by atoms with Crippen LogP contribution in [0.15, 0.2) is 0 Å². The van der Waals surface area contributed by atoms with Crippen molar-refractivity contribution < 1.29 is 24.9 Å². The average molecular weight is 260 g/mol. The van der Waals surface area contributed by atoms with Gasteiger partial charge in [0, 0.05) is 6.61 Å². The van der Waals surface area contributed by atoms with Gasteiger partial charge in [0.25, 0.3) is 0 Å². The van der Waals surface area contributed by atoms with Crippen molar-refractivity contribution in [1.82, 2.24) is 0 Å². The van der Waals surface area contributed by atoms with E-state index in [9.17, 15) is 15.0 Å². The Balaban J connectivity index is 2.12. The van der Waals surface area contributed by atoms with Gasteiger partial charge < -0.3 is 20.1 Å². The minimum atomic E-state index is -0.601. The molecule has 106 valence electrons. The first-order valence-corrected chi connectivity index (χ1v) is 6.77. The molecule has 5 nitrogen and oxygen atoms in total. The molecule has 0 heterocycles. The van der Waals surface area contributed by atoms with Crippen molar-refractivity contribution in [2.75, 3.05) is 13.2 Å². The number of aliphatic hydroxyl groups is 3. The van der Waals surface area contributed by atoms with Crippen molar-refractivity contribution in [3.05, 3.63) is 0 Å².